The Kier molecular flexibility index (Phi) is 8.34. The molecule has 0 unspecified atom stereocenters. The molecule has 0 bridgehead atoms. The molecule has 2 aromatic carbocycles. The van der Waals surface area contributed by atoms with E-state index in [1.165, 1.54) is 30.9 Å². The standard InChI is InChI=1S/C34H37N5O4/c1-34(2,33(43)37-25-14-9-21(10-15-25)11-18-29(40)41)38-32(42)23-12-16-26-28(19-23)39(3)31(27-17-13-24(35)20-36-27)30(26)22-7-5-4-6-8-22/h9-20,22H,4-8,35H2,1-3H3,(H,37,43)(H,38,42)(H,40,41)/b18-11+. The van der Waals surface area contributed by atoms with Gasteiger partial charge in [0.1, 0.15) is 5.54 Å². The third-order valence-electron chi connectivity index (χ3n) is 8.12. The van der Waals surface area contributed by atoms with Crippen LogP contribution in [0.2, 0.25) is 0 Å². The maximum absolute atomic E-state index is 13.5. The highest BCUT2D eigenvalue weighted by atomic mass is 16.4. The Morgan fingerprint density at radius 3 is 2.40 bits per heavy atom. The number of carbonyl (C=O) groups excluding carboxylic acids is 2. The van der Waals surface area contributed by atoms with Gasteiger partial charge in [-0.2, -0.15) is 0 Å². The molecular weight excluding hydrogens is 542 g/mol. The van der Waals surface area contributed by atoms with Crippen molar-refractivity contribution < 1.29 is 19.5 Å². The first-order chi connectivity index (χ1) is 20.5. The lowest BCUT2D eigenvalue weighted by atomic mass is 9.82. The summed E-state index contributed by atoms with van der Waals surface area (Å²) in [5.41, 5.74) is 11.1. The van der Waals surface area contributed by atoms with E-state index in [-0.39, 0.29) is 11.8 Å². The topological polar surface area (TPSA) is 139 Å². The number of amides is 2. The number of anilines is 2. The fraction of sp³-hybridized carbons (Fsp3) is 0.294. The van der Waals surface area contributed by atoms with Crippen LogP contribution in [0.5, 0.6) is 0 Å². The third-order valence-corrected chi connectivity index (χ3v) is 8.12. The molecule has 43 heavy (non-hydrogen) atoms. The Balaban J connectivity index is 1.39. The lowest BCUT2D eigenvalue weighted by Gasteiger charge is -2.25. The number of pyridine rings is 1. The highest BCUT2D eigenvalue weighted by Crippen LogP contribution is 2.43. The highest BCUT2D eigenvalue weighted by molar-refractivity contribution is 6.05. The molecule has 0 spiro atoms. The van der Waals surface area contributed by atoms with E-state index in [0.29, 0.717) is 28.4 Å². The van der Waals surface area contributed by atoms with Gasteiger partial charge < -0.3 is 26.0 Å². The molecule has 1 aliphatic rings. The number of aromatic nitrogens is 2. The first-order valence-corrected chi connectivity index (χ1v) is 14.5. The maximum atomic E-state index is 13.5. The molecule has 1 fully saturated rings. The van der Waals surface area contributed by atoms with E-state index in [2.05, 4.69) is 20.2 Å². The van der Waals surface area contributed by atoms with Crippen molar-refractivity contribution in [3.8, 4) is 11.4 Å². The van der Waals surface area contributed by atoms with Gasteiger partial charge in [0.2, 0.25) is 5.91 Å². The molecule has 5 N–H and O–H groups in total. The van der Waals surface area contributed by atoms with E-state index in [9.17, 15) is 14.4 Å². The van der Waals surface area contributed by atoms with E-state index in [1.807, 2.05) is 37.4 Å². The van der Waals surface area contributed by atoms with E-state index in [1.54, 1.807) is 44.3 Å². The smallest absolute Gasteiger partial charge is 0.328 e. The van der Waals surface area contributed by atoms with E-state index < -0.39 is 11.5 Å². The summed E-state index contributed by atoms with van der Waals surface area (Å²) in [5.74, 6) is -1.36. The predicted octanol–water partition coefficient (Wildman–Crippen LogP) is 6.12. The largest absolute Gasteiger partial charge is 0.478 e. The molecule has 0 radical (unpaired) electrons. The van der Waals surface area contributed by atoms with Crippen molar-refractivity contribution in [2.45, 2.75) is 57.4 Å². The number of hydrogen-bond donors (Lipinski definition) is 4. The molecule has 2 heterocycles. The van der Waals surface area contributed by atoms with Crippen molar-refractivity contribution in [2.75, 3.05) is 11.1 Å². The second-order valence-corrected chi connectivity index (χ2v) is 11.7. The molecule has 1 saturated carbocycles. The van der Waals surface area contributed by atoms with Gasteiger partial charge in [-0.05, 0) is 86.2 Å². The van der Waals surface area contributed by atoms with Gasteiger partial charge in [0.15, 0.2) is 0 Å². The first-order valence-electron chi connectivity index (χ1n) is 14.5. The van der Waals surface area contributed by atoms with Gasteiger partial charge >= 0.3 is 5.97 Å². The summed E-state index contributed by atoms with van der Waals surface area (Å²) >= 11 is 0. The fourth-order valence-corrected chi connectivity index (χ4v) is 5.81. The summed E-state index contributed by atoms with van der Waals surface area (Å²) in [6, 6.07) is 16.3. The van der Waals surface area contributed by atoms with Crippen LogP contribution < -0.4 is 16.4 Å². The van der Waals surface area contributed by atoms with Crippen LogP contribution in [-0.4, -0.2) is 38.0 Å². The summed E-state index contributed by atoms with van der Waals surface area (Å²) in [6.07, 6.45) is 10.1. The third kappa shape index (κ3) is 6.45. The van der Waals surface area contributed by atoms with Crippen LogP contribution in [0, 0.1) is 0 Å². The number of hydrogen-bond acceptors (Lipinski definition) is 5. The van der Waals surface area contributed by atoms with E-state index >= 15 is 0 Å². The zero-order valence-corrected chi connectivity index (χ0v) is 24.7. The van der Waals surface area contributed by atoms with Crippen molar-refractivity contribution >= 4 is 46.1 Å². The molecule has 2 aromatic heterocycles. The molecule has 0 aliphatic heterocycles. The summed E-state index contributed by atoms with van der Waals surface area (Å²) < 4.78 is 2.11. The van der Waals surface area contributed by atoms with Gasteiger partial charge in [-0.3, -0.25) is 14.6 Å². The van der Waals surface area contributed by atoms with Gasteiger partial charge in [0.25, 0.3) is 5.91 Å². The van der Waals surface area contributed by atoms with Gasteiger partial charge in [0.05, 0.1) is 23.3 Å². The van der Waals surface area contributed by atoms with Crippen LogP contribution in [-0.2, 0) is 16.6 Å². The molecule has 9 nitrogen and oxygen atoms in total. The first kappa shape index (κ1) is 29.6. The van der Waals surface area contributed by atoms with Crippen molar-refractivity contribution in [3.05, 3.63) is 83.6 Å². The Bertz CT molecular complexity index is 1700. The molecule has 9 heteroatoms. The number of carboxylic acids is 1. The van der Waals surface area contributed by atoms with Crippen molar-refractivity contribution in [3.63, 3.8) is 0 Å². The van der Waals surface area contributed by atoms with Gasteiger partial charge in [-0.25, -0.2) is 4.79 Å². The van der Waals surface area contributed by atoms with Crippen molar-refractivity contribution in [2.24, 2.45) is 7.05 Å². The summed E-state index contributed by atoms with van der Waals surface area (Å²) in [4.78, 5) is 42.0. The summed E-state index contributed by atoms with van der Waals surface area (Å²) in [7, 11) is 2.00. The number of benzene rings is 2. The second-order valence-electron chi connectivity index (χ2n) is 11.7. The monoisotopic (exact) mass is 579 g/mol. The molecule has 4 aromatic rings. The minimum atomic E-state index is -1.21. The number of carbonyl (C=O) groups is 3. The van der Waals surface area contributed by atoms with Gasteiger partial charge in [0, 0.05) is 35.3 Å². The van der Waals surface area contributed by atoms with Gasteiger partial charge in [-0.1, -0.05) is 37.5 Å². The highest BCUT2D eigenvalue weighted by Gasteiger charge is 2.31. The maximum Gasteiger partial charge on any atom is 0.328 e. The van der Waals surface area contributed by atoms with Crippen LogP contribution in [0.3, 0.4) is 0 Å². The summed E-state index contributed by atoms with van der Waals surface area (Å²) in [6.45, 7) is 3.30. The zero-order valence-electron chi connectivity index (χ0n) is 24.7. The average Bonchev–Trinajstić information content (AvgIpc) is 3.28. The number of nitrogens with zero attached hydrogens (tertiary/aromatic N) is 2. The fourth-order valence-electron chi connectivity index (χ4n) is 5.81. The predicted molar refractivity (Wildman–Crippen MR) is 170 cm³/mol. The number of nitrogens with one attached hydrogen (secondary N) is 2. The summed E-state index contributed by atoms with van der Waals surface area (Å²) in [5, 5.41) is 15.6. The van der Waals surface area contributed by atoms with Crippen LogP contribution in [0.25, 0.3) is 28.4 Å². The van der Waals surface area contributed by atoms with Crippen LogP contribution in [0.4, 0.5) is 11.4 Å². The lowest BCUT2D eigenvalue weighted by Crippen LogP contribution is -2.52. The average molecular weight is 580 g/mol. The van der Waals surface area contributed by atoms with E-state index in [4.69, 9.17) is 10.8 Å². The molecule has 0 saturated heterocycles. The van der Waals surface area contributed by atoms with E-state index in [0.717, 1.165) is 41.2 Å². The quantitative estimate of drug-likeness (QED) is 0.186. The molecule has 5 rings (SSSR count). The van der Waals surface area contributed by atoms with Crippen molar-refractivity contribution in [1.29, 1.82) is 0 Å². The molecule has 0 atom stereocenters. The Hall–Kier alpha value is -4.92. The number of rotatable bonds is 8. The number of carboxylic acid groups (broad SMARTS) is 1. The van der Waals surface area contributed by atoms with Crippen molar-refractivity contribution in [1.82, 2.24) is 14.9 Å². The van der Waals surface area contributed by atoms with Gasteiger partial charge in [-0.15, -0.1) is 0 Å². The Morgan fingerprint density at radius 1 is 1.02 bits per heavy atom. The molecule has 2 amide bonds. The molecule has 1 aliphatic carbocycles. The number of fused-ring (bicyclic) bond motifs is 1. The SMILES string of the molecule is Cn1c(-c2ccc(N)cn2)c(C2CCCCC2)c2ccc(C(=O)NC(C)(C)C(=O)Nc3ccc(/C=C/C(=O)O)cc3)cc21. The minimum Gasteiger partial charge on any atom is -0.478 e. The lowest BCUT2D eigenvalue weighted by molar-refractivity contribution is -0.131. The molecular formula is C34H37N5O4. The normalized spacial score (nSPS) is 14.2. The number of aliphatic carboxylic acids is 1. The number of nitrogens with two attached hydrogens (primary N) is 1. The second kappa shape index (κ2) is 12.1. The zero-order chi connectivity index (χ0) is 30.7. The number of nitrogen functional groups attached to an aromatic ring is 1. The molecule has 222 valence electrons. The van der Waals surface area contributed by atoms with Crippen LogP contribution in [0.15, 0.2) is 66.9 Å². The Morgan fingerprint density at radius 2 is 1.74 bits per heavy atom. The van der Waals surface area contributed by atoms with Crippen LogP contribution in [0.1, 0.15) is 73.4 Å². The minimum absolute atomic E-state index is 0.358. The van der Waals surface area contributed by atoms with Crippen LogP contribution >= 0.6 is 0 Å². The number of aryl methyl sites for hydroxylation is 1. The Labute approximate surface area is 250 Å².